The predicted molar refractivity (Wildman–Crippen MR) is 106 cm³/mol. The average molecular weight is 380 g/mol. The summed E-state index contributed by atoms with van der Waals surface area (Å²) in [7, 11) is 0. The van der Waals surface area contributed by atoms with Crippen molar-refractivity contribution in [3.63, 3.8) is 0 Å². The molecule has 1 amide bonds. The molecule has 0 aliphatic carbocycles. The number of thioether (sulfide) groups is 1. The number of hydrazone groups is 1. The van der Waals surface area contributed by atoms with Crippen molar-refractivity contribution >= 4 is 29.7 Å². The van der Waals surface area contributed by atoms with Crippen LogP contribution in [0, 0.1) is 6.92 Å². The summed E-state index contributed by atoms with van der Waals surface area (Å²) in [6.07, 6.45) is 7.47. The van der Waals surface area contributed by atoms with Gasteiger partial charge in [0.15, 0.2) is 5.16 Å². The number of morpholine rings is 1. The third-order valence-electron chi connectivity index (χ3n) is 3.95. The fourth-order valence-electron chi connectivity index (χ4n) is 2.55. The number of aryl methyl sites for hydroxylation is 1. The van der Waals surface area contributed by atoms with Crippen LogP contribution in [0.5, 0.6) is 0 Å². The molecule has 1 aromatic heterocycles. The van der Waals surface area contributed by atoms with Crippen LogP contribution in [0.15, 0.2) is 16.3 Å². The van der Waals surface area contributed by atoms with E-state index >= 15 is 0 Å². The summed E-state index contributed by atoms with van der Waals surface area (Å²) in [5.74, 6) is 1.01. The van der Waals surface area contributed by atoms with E-state index in [4.69, 9.17) is 4.74 Å². The Labute approximate surface area is 160 Å². The number of carbonyl (C=O) groups is 1. The van der Waals surface area contributed by atoms with Gasteiger partial charge >= 0.3 is 0 Å². The molecular weight excluding hydrogens is 350 g/mol. The standard InChI is InChI=1S/C18H29N5O2S/c1-3-4-5-6-7-8-19-22-17(24)14-26-18-20-15(2)13-16(21-18)23-9-11-25-12-10-23/h8,13H,3-7,9-12,14H2,1-2H3,(H,22,24). The van der Waals surface area contributed by atoms with Gasteiger partial charge in [0.25, 0.3) is 5.91 Å². The fourth-order valence-corrected chi connectivity index (χ4v) is 3.24. The molecule has 0 bridgehead atoms. The average Bonchev–Trinajstić information content (AvgIpc) is 2.66. The predicted octanol–water partition coefficient (Wildman–Crippen LogP) is 2.79. The summed E-state index contributed by atoms with van der Waals surface area (Å²) in [5.41, 5.74) is 3.46. The molecule has 1 saturated heterocycles. The molecule has 0 saturated carbocycles. The van der Waals surface area contributed by atoms with Crippen molar-refractivity contribution in [2.75, 3.05) is 37.0 Å². The zero-order chi connectivity index (χ0) is 18.6. The third kappa shape index (κ3) is 7.70. The summed E-state index contributed by atoms with van der Waals surface area (Å²) in [6.45, 7) is 7.21. The second-order valence-electron chi connectivity index (χ2n) is 6.23. The molecule has 7 nitrogen and oxygen atoms in total. The Hall–Kier alpha value is -1.67. The highest BCUT2D eigenvalue weighted by Crippen LogP contribution is 2.19. The van der Waals surface area contributed by atoms with Crippen LogP contribution in [0.1, 0.15) is 44.7 Å². The molecule has 0 aromatic carbocycles. The van der Waals surface area contributed by atoms with Crippen LogP contribution in [0.3, 0.4) is 0 Å². The van der Waals surface area contributed by atoms with E-state index in [1.807, 2.05) is 13.0 Å². The summed E-state index contributed by atoms with van der Waals surface area (Å²) in [4.78, 5) is 23.1. The van der Waals surface area contributed by atoms with Gasteiger partial charge in [-0.2, -0.15) is 5.10 Å². The van der Waals surface area contributed by atoms with Crippen molar-refractivity contribution in [2.24, 2.45) is 5.10 Å². The van der Waals surface area contributed by atoms with E-state index < -0.39 is 0 Å². The summed E-state index contributed by atoms with van der Waals surface area (Å²) in [5, 5.41) is 4.60. The van der Waals surface area contributed by atoms with Crippen molar-refractivity contribution in [3.05, 3.63) is 11.8 Å². The van der Waals surface area contributed by atoms with Gasteiger partial charge in [0, 0.05) is 31.1 Å². The van der Waals surface area contributed by atoms with Gasteiger partial charge in [-0.1, -0.05) is 37.9 Å². The lowest BCUT2D eigenvalue weighted by atomic mass is 10.2. The van der Waals surface area contributed by atoms with E-state index in [0.29, 0.717) is 18.4 Å². The molecule has 0 atom stereocenters. The molecule has 0 radical (unpaired) electrons. The number of nitrogens with zero attached hydrogens (tertiary/aromatic N) is 4. The van der Waals surface area contributed by atoms with Crippen molar-refractivity contribution in [2.45, 2.75) is 51.1 Å². The molecule has 2 heterocycles. The number of unbranched alkanes of at least 4 members (excludes halogenated alkanes) is 4. The minimum Gasteiger partial charge on any atom is -0.378 e. The molecule has 1 aliphatic rings. The Morgan fingerprint density at radius 2 is 2.15 bits per heavy atom. The quantitative estimate of drug-likeness (QED) is 0.221. The minimum atomic E-state index is -0.141. The number of amides is 1. The number of hydrogen-bond acceptors (Lipinski definition) is 7. The SMILES string of the molecule is CCCCCCC=NNC(=O)CSc1nc(C)cc(N2CCOCC2)n1. The Morgan fingerprint density at radius 3 is 2.92 bits per heavy atom. The zero-order valence-electron chi connectivity index (χ0n) is 15.7. The van der Waals surface area contributed by atoms with Gasteiger partial charge in [0.05, 0.1) is 19.0 Å². The van der Waals surface area contributed by atoms with Gasteiger partial charge in [-0.05, 0) is 19.8 Å². The topological polar surface area (TPSA) is 79.7 Å². The Morgan fingerprint density at radius 1 is 1.35 bits per heavy atom. The Balaban J connectivity index is 1.75. The van der Waals surface area contributed by atoms with Crippen LogP contribution in [0.4, 0.5) is 5.82 Å². The summed E-state index contributed by atoms with van der Waals surface area (Å²) in [6, 6.07) is 1.97. The number of aromatic nitrogens is 2. The van der Waals surface area contributed by atoms with E-state index in [2.05, 4.69) is 32.3 Å². The van der Waals surface area contributed by atoms with E-state index in [9.17, 15) is 4.79 Å². The number of nitrogens with one attached hydrogen (secondary N) is 1. The van der Waals surface area contributed by atoms with Crippen LogP contribution in [0.25, 0.3) is 0 Å². The first kappa shape index (κ1) is 20.6. The van der Waals surface area contributed by atoms with Crippen molar-refractivity contribution < 1.29 is 9.53 Å². The first-order valence-electron chi connectivity index (χ1n) is 9.30. The van der Waals surface area contributed by atoms with Gasteiger partial charge in [-0.25, -0.2) is 15.4 Å². The number of carbonyl (C=O) groups excluding carboxylic acids is 1. The van der Waals surface area contributed by atoms with Crippen LogP contribution in [0.2, 0.25) is 0 Å². The lowest BCUT2D eigenvalue weighted by Crippen LogP contribution is -2.36. The molecule has 1 aliphatic heterocycles. The van der Waals surface area contributed by atoms with Gasteiger partial charge in [-0.15, -0.1) is 0 Å². The van der Waals surface area contributed by atoms with Gasteiger partial charge in [0.2, 0.25) is 0 Å². The van der Waals surface area contributed by atoms with E-state index in [-0.39, 0.29) is 11.7 Å². The second kappa shape index (κ2) is 11.9. The van der Waals surface area contributed by atoms with E-state index in [1.54, 1.807) is 6.21 Å². The molecule has 144 valence electrons. The molecule has 1 aromatic rings. The molecule has 1 N–H and O–H groups in total. The number of hydrogen-bond donors (Lipinski definition) is 1. The summed E-state index contributed by atoms with van der Waals surface area (Å²) < 4.78 is 5.38. The van der Waals surface area contributed by atoms with Crippen LogP contribution < -0.4 is 10.3 Å². The van der Waals surface area contributed by atoms with Crippen LogP contribution in [-0.2, 0) is 9.53 Å². The van der Waals surface area contributed by atoms with Gasteiger partial charge in [-0.3, -0.25) is 4.79 Å². The first-order chi connectivity index (χ1) is 12.7. The highest BCUT2D eigenvalue weighted by molar-refractivity contribution is 7.99. The largest absolute Gasteiger partial charge is 0.378 e. The highest BCUT2D eigenvalue weighted by atomic mass is 32.2. The molecule has 26 heavy (non-hydrogen) atoms. The van der Waals surface area contributed by atoms with Crippen molar-refractivity contribution in [3.8, 4) is 0 Å². The maximum Gasteiger partial charge on any atom is 0.250 e. The van der Waals surface area contributed by atoms with E-state index in [0.717, 1.165) is 37.4 Å². The zero-order valence-corrected chi connectivity index (χ0v) is 16.6. The second-order valence-corrected chi connectivity index (χ2v) is 7.18. The van der Waals surface area contributed by atoms with Crippen LogP contribution in [-0.4, -0.2) is 54.1 Å². The van der Waals surface area contributed by atoms with Crippen molar-refractivity contribution in [1.29, 1.82) is 0 Å². The Kier molecular flexibility index (Phi) is 9.41. The molecule has 0 unspecified atom stereocenters. The Bertz CT molecular complexity index is 591. The molecular formula is C18H29N5O2S. The molecule has 1 fully saturated rings. The molecule has 2 rings (SSSR count). The molecule has 0 spiro atoms. The van der Waals surface area contributed by atoms with Crippen LogP contribution >= 0.6 is 11.8 Å². The number of anilines is 1. The highest BCUT2D eigenvalue weighted by Gasteiger charge is 2.14. The third-order valence-corrected chi connectivity index (χ3v) is 4.80. The lowest BCUT2D eigenvalue weighted by molar-refractivity contribution is -0.118. The van der Waals surface area contributed by atoms with E-state index in [1.165, 1.54) is 31.0 Å². The van der Waals surface area contributed by atoms with Gasteiger partial charge in [0.1, 0.15) is 5.82 Å². The maximum absolute atomic E-state index is 11.9. The normalized spacial score (nSPS) is 14.8. The maximum atomic E-state index is 11.9. The molecule has 8 heteroatoms. The van der Waals surface area contributed by atoms with Crippen molar-refractivity contribution in [1.82, 2.24) is 15.4 Å². The minimum absolute atomic E-state index is 0.141. The van der Waals surface area contributed by atoms with Gasteiger partial charge < -0.3 is 9.64 Å². The monoisotopic (exact) mass is 379 g/mol. The fraction of sp³-hybridized carbons (Fsp3) is 0.667. The number of ether oxygens (including phenoxy) is 1. The lowest BCUT2D eigenvalue weighted by Gasteiger charge is -2.28. The first-order valence-corrected chi connectivity index (χ1v) is 10.3. The smallest absolute Gasteiger partial charge is 0.250 e. The summed E-state index contributed by atoms with van der Waals surface area (Å²) >= 11 is 1.33. The number of rotatable bonds is 10.